The van der Waals surface area contributed by atoms with E-state index < -0.39 is 0 Å². The number of hydrogen-bond donors (Lipinski definition) is 1. The number of hydrogen-bond acceptors (Lipinski definition) is 4. The number of rotatable bonds is 2. The molecule has 0 amide bonds. The van der Waals surface area contributed by atoms with Gasteiger partial charge in [0, 0.05) is 25.2 Å². The first kappa shape index (κ1) is 15.2. The Labute approximate surface area is 136 Å². The lowest BCUT2D eigenvalue weighted by atomic mass is 10.1. The SMILES string of the molecule is Cl.c1ccc2c(c1)Nc1cccc(CN3CCOCC3)c1O2. The van der Waals surface area contributed by atoms with Crippen LogP contribution >= 0.6 is 12.4 Å². The lowest BCUT2D eigenvalue weighted by molar-refractivity contribution is 0.0339. The van der Waals surface area contributed by atoms with Crippen LogP contribution in [-0.2, 0) is 11.3 Å². The maximum Gasteiger partial charge on any atom is 0.155 e. The summed E-state index contributed by atoms with van der Waals surface area (Å²) in [5.74, 6) is 1.84. The Bertz CT molecular complexity index is 657. The molecule has 2 aromatic rings. The van der Waals surface area contributed by atoms with E-state index in [1.54, 1.807) is 0 Å². The summed E-state index contributed by atoms with van der Waals surface area (Å²) in [6.07, 6.45) is 0. The lowest BCUT2D eigenvalue weighted by Crippen LogP contribution is -2.35. The molecule has 1 N–H and O–H groups in total. The molecule has 22 heavy (non-hydrogen) atoms. The number of anilines is 2. The number of ether oxygens (including phenoxy) is 2. The summed E-state index contributed by atoms with van der Waals surface area (Å²) in [4.78, 5) is 2.41. The quantitative estimate of drug-likeness (QED) is 0.779. The number of benzene rings is 2. The van der Waals surface area contributed by atoms with Gasteiger partial charge in [0.15, 0.2) is 11.5 Å². The monoisotopic (exact) mass is 318 g/mol. The van der Waals surface area contributed by atoms with Gasteiger partial charge >= 0.3 is 0 Å². The maximum absolute atomic E-state index is 6.13. The minimum atomic E-state index is 0. The highest BCUT2D eigenvalue weighted by Crippen LogP contribution is 2.43. The van der Waals surface area contributed by atoms with Gasteiger partial charge in [-0.3, -0.25) is 4.90 Å². The summed E-state index contributed by atoms with van der Waals surface area (Å²) in [5, 5.41) is 3.45. The highest BCUT2D eigenvalue weighted by atomic mass is 35.5. The zero-order valence-electron chi connectivity index (χ0n) is 12.2. The number of fused-ring (bicyclic) bond motifs is 2. The van der Waals surface area contributed by atoms with Crippen LogP contribution in [0.15, 0.2) is 42.5 Å². The Hall–Kier alpha value is -1.75. The second-order valence-electron chi connectivity index (χ2n) is 5.41. The first-order chi connectivity index (χ1) is 10.4. The van der Waals surface area contributed by atoms with Gasteiger partial charge in [0.1, 0.15) is 0 Å². The predicted molar refractivity (Wildman–Crippen MR) is 89.6 cm³/mol. The molecule has 2 aliphatic rings. The average Bonchev–Trinajstić information content (AvgIpc) is 2.54. The van der Waals surface area contributed by atoms with Crippen LogP contribution in [-0.4, -0.2) is 31.2 Å². The Morgan fingerprint density at radius 2 is 1.73 bits per heavy atom. The van der Waals surface area contributed by atoms with Crippen molar-refractivity contribution in [3.05, 3.63) is 48.0 Å². The molecule has 5 heteroatoms. The Morgan fingerprint density at radius 1 is 0.955 bits per heavy atom. The minimum Gasteiger partial charge on any atom is -0.453 e. The summed E-state index contributed by atoms with van der Waals surface area (Å²) in [5.41, 5.74) is 3.28. The van der Waals surface area contributed by atoms with Gasteiger partial charge in [0.25, 0.3) is 0 Å². The summed E-state index contributed by atoms with van der Waals surface area (Å²) in [6, 6.07) is 14.3. The van der Waals surface area contributed by atoms with E-state index in [1.165, 1.54) is 5.56 Å². The molecule has 0 spiro atoms. The number of nitrogens with one attached hydrogen (secondary N) is 1. The molecule has 0 radical (unpaired) electrons. The third-order valence-corrected chi connectivity index (χ3v) is 3.96. The third kappa shape index (κ3) is 2.90. The molecule has 1 fully saturated rings. The molecule has 0 aromatic heterocycles. The summed E-state index contributed by atoms with van der Waals surface area (Å²) in [7, 11) is 0. The van der Waals surface area contributed by atoms with Gasteiger partial charge in [-0.25, -0.2) is 0 Å². The molecule has 0 unspecified atom stereocenters. The van der Waals surface area contributed by atoms with E-state index >= 15 is 0 Å². The third-order valence-electron chi connectivity index (χ3n) is 3.96. The standard InChI is InChI=1S/C17H18N2O2.ClH/c1-2-7-16-14(5-1)18-15-6-3-4-13(17(15)21-16)12-19-8-10-20-11-9-19;/h1-7,18H,8-12H2;1H. The molecule has 0 bridgehead atoms. The van der Waals surface area contributed by atoms with Crippen molar-refractivity contribution in [3.63, 3.8) is 0 Å². The fourth-order valence-corrected chi connectivity index (χ4v) is 2.84. The van der Waals surface area contributed by atoms with Gasteiger partial charge in [-0.2, -0.15) is 0 Å². The van der Waals surface area contributed by atoms with Crippen molar-refractivity contribution < 1.29 is 9.47 Å². The van der Waals surface area contributed by atoms with E-state index in [2.05, 4.69) is 28.4 Å². The number of morpholine rings is 1. The first-order valence-electron chi connectivity index (χ1n) is 7.36. The van der Waals surface area contributed by atoms with Crippen molar-refractivity contribution >= 4 is 23.8 Å². The van der Waals surface area contributed by atoms with Crippen molar-refractivity contribution in [1.82, 2.24) is 4.90 Å². The average molecular weight is 319 g/mol. The summed E-state index contributed by atoms with van der Waals surface area (Å²) in [6.45, 7) is 4.49. The van der Waals surface area contributed by atoms with E-state index in [0.29, 0.717) is 0 Å². The first-order valence-corrected chi connectivity index (χ1v) is 7.36. The Morgan fingerprint density at radius 3 is 2.59 bits per heavy atom. The van der Waals surface area contributed by atoms with E-state index in [0.717, 1.165) is 55.7 Å². The maximum atomic E-state index is 6.13. The normalized spacial score (nSPS) is 16.5. The zero-order chi connectivity index (χ0) is 14.1. The number of para-hydroxylation sites is 3. The van der Waals surface area contributed by atoms with E-state index in [4.69, 9.17) is 9.47 Å². The molecule has 0 saturated carbocycles. The largest absolute Gasteiger partial charge is 0.453 e. The second kappa shape index (κ2) is 6.57. The van der Waals surface area contributed by atoms with Crippen LogP contribution in [0.3, 0.4) is 0 Å². The van der Waals surface area contributed by atoms with Crippen LogP contribution in [0.4, 0.5) is 11.4 Å². The van der Waals surface area contributed by atoms with Gasteiger partial charge in [-0.05, 0) is 18.2 Å². The van der Waals surface area contributed by atoms with E-state index in [1.807, 2.05) is 24.3 Å². The molecule has 4 nitrogen and oxygen atoms in total. The lowest BCUT2D eigenvalue weighted by Gasteiger charge is -2.29. The fourth-order valence-electron chi connectivity index (χ4n) is 2.84. The van der Waals surface area contributed by atoms with Gasteiger partial charge < -0.3 is 14.8 Å². The fraction of sp³-hybridized carbons (Fsp3) is 0.294. The van der Waals surface area contributed by atoms with Crippen molar-refractivity contribution in [2.24, 2.45) is 0 Å². The zero-order valence-corrected chi connectivity index (χ0v) is 13.1. The van der Waals surface area contributed by atoms with Crippen LogP contribution in [0.25, 0.3) is 0 Å². The van der Waals surface area contributed by atoms with Crippen LogP contribution in [0, 0.1) is 0 Å². The van der Waals surface area contributed by atoms with Gasteiger partial charge in [0.05, 0.1) is 24.6 Å². The van der Waals surface area contributed by atoms with Gasteiger partial charge in [-0.1, -0.05) is 24.3 Å². The molecule has 0 aliphatic carbocycles. The molecule has 1 saturated heterocycles. The Kier molecular flexibility index (Phi) is 4.52. The smallest absolute Gasteiger partial charge is 0.155 e. The Balaban J connectivity index is 0.00000144. The van der Waals surface area contributed by atoms with Crippen LogP contribution in [0.5, 0.6) is 11.5 Å². The van der Waals surface area contributed by atoms with Crippen molar-refractivity contribution in [2.75, 3.05) is 31.6 Å². The van der Waals surface area contributed by atoms with Crippen LogP contribution in [0.2, 0.25) is 0 Å². The predicted octanol–water partition coefficient (Wildman–Crippen LogP) is 3.79. The van der Waals surface area contributed by atoms with Crippen molar-refractivity contribution in [1.29, 1.82) is 0 Å². The van der Waals surface area contributed by atoms with Gasteiger partial charge in [0.2, 0.25) is 0 Å². The molecular weight excluding hydrogens is 300 g/mol. The number of halogens is 1. The summed E-state index contributed by atoms with van der Waals surface area (Å²) < 4.78 is 11.5. The molecule has 116 valence electrons. The van der Waals surface area contributed by atoms with Crippen molar-refractivity contribution in [2.45, 2.75) is 6.54 Å². The van der Waals surface area contributed by atoms with Crippen molar-refractivity contribution in [3.8, 4) is 11.5 Å². The molecular formula is C17H19ClN2O2. The van der Waals surface area contributed by atoms with E-state index in [-0.39, 0.29) is 12.4 Å². The van der Waals surface area contributed by atoms with Gasteiger partial charge in [-0.15, -0.1) is 12.4 Å². The molecule has 4 rings (SSSR count). The second-order valence-corrected chi connectivity index (χ2v) is 5.41. The topological polar surface area (TPSA) is 33.7 Å². The molecule has 0 atom stereocenters. The molecule has 2 aliphatic heterocycles. The molecule has 2 aromatic carbocycles. The van der Waals surface area contributed by atoms with Crippen LogP contribution in [0.1, 0.15) is 5.56 Å². The number of nitrogens with zero attached hydrogens (tertiary/aromatic N) is 1. The highest BCUT2D eigenvalue weighted by molar-refractivity contribution is 5.85. The molecule has 2 heterocycles. The van der Waals surface area contributed by atoms with Crippen LogP contribution < -0.4 is 10.1 Å². The highest BCUT2D eigenvalue weighted by Gasteiger charge is 2.20. The minimum absolute atomic E-state index is 0. The summed E-state index contributed by atoms with van der Waals surface area (Å²) >= 11 is 0. The van der Waals surface area contributed by atoms with E-state index in [9.17, 15) is 0 Å².